The second-order valence-electron chi connectivity index (χ2n) is 8.99. The maximum absolute atomic E-state index is 13.5. The van der Waals surface area contributed by atoms with E-state index in [-0.39, 0.29) is 22.8 Å². The van der Waals surface area contributed by atoms with Crippen molar-refractivity contribution in [1.29, 1.82) is 0 Å². The molecule has 1 amide bonds. The van der Waals surface area contributed by atoms with Crippen LogP contribution in [0.5, 0.6) is 0 Å². The van der Waals surface area contributed by atoms with Crippen molar-refractivity contribution in [2.75, 3.05) is 6.54 Å². The number of H-pyrrole nitrogens is 1. The molecule has 0 saturated heterocycles. The molecule has 1 aromatic heterocycles. The number of likely N-dealkylation sites (N-methyl/N-ethyl adjacent to an activating group) is 1. The van der Waals surface area contributed by atoms with Gasteiger partial charge >= 0.3 is 0 Å². The number of hydrogen-bond donors (Lipinski definition) is 1. The summed E-state index contributed by atoms with van der Waals surface area (Å²) < 4.78 is 0. The van der Waals surface area contributed by atoms with Crippen molar-refractivity contribution in [2.45, 2.75) is 52.5 Å². The van der Waals surface area contributed by atoms with Crippen LogP contribution < -0.4 is 0 Å². The normalized spacial score (nSPS) is 20.0. The lowest BCUT2D eigenvalue weighted by Gasteiger charge is -2.55. The number of carbonyl (C=O) groups is 1. The van der Waals surface area contributed by atoms with Crippen molar-refractivity contribution in [3.63, 3.8) is 0 Å². The van der Waals surface area contributed by atoms with E-state index in [0.29, 0.717) is 6.54 Å². The molecular weight excluding hydrogens is 346 g/mol. The maximum atomic E-state index is 13.5. The predicted molar refractivity (Wildman–Crippen MR) is 114 cm³/mol. The second-order valence-corrected chi connectivity index (χ2v) is 8.99. The number of nitrogens with one attached hydrogen (secondary N) is 1. The molecule has 2 aromatic carbocycles. The lowest BCUT2D eigenvalue weighted by molar-refractivity contribution is 0.0215. The fourth-order valence-corrected chi connectivity index (χ4v) is 4.78. The Morgan fingerprint density at radius 2 is 1.93 bits per heavy atom. The van der Waals surface area contributed by atoms with Crippen LogP contribution in [0, 0.1) is 5.41 Å². The average Bonchev–Trinajstić information content (AvgIpc) is 3.14. The first-order chi connectivity index (χ1) is 13.3. The minimum absolute atomic E-state index is 0.0330. The molecule has 0 fully saturated rings. The third-order valence-corrected chi connectivity index (χ3v) is 7.21. The Balaban J connectivity index is 1.75. The largest absolute Gasteiger partial charge is 0.335 e. The van der Waals surface area contributed by atoms with Crippen LogP contribution in [0.25, 0.3) is 10.9 Å². The Bertz CT molecular complexity index is 1030. The highest BCUT2D eigenvalue weighted by Gasteiger charge is 2.51. The van der Waals surface area contributed by atoms with Gasteiger partial charge in [0.1, 0.15) is 0 Å². The van der Waals surface area contributed by atoms with Gasteiger partial charge in [0.05, 0.1) is 11.7 Å². The van der Waals surface area contributed by atoms with E-state index in [1.165, 1.54) is 11.1 Å². The van der Waals surface area contributed by atoms with E-state index in [9.17, 15) is 4.79 Å². The quantitative estimate of drug-likeness (QED) is 0.704. The van der Waals surface area contributed by atoms with Crippen LogP contribution >= 0.6 is 0 Å². The van der Waals surface area contributed by atoms with Crippen LogP contribution in [0.3, 0.4) is 0 Å². The molecule has 1 N–H and O–H groups in total. The molecule has 0 spiro atoms. The maximum Gasteiger partial charge on any atom is 0.254 e. The number of aromatic nitrogens is 2. The highest BCUT2D eigenvalue weighted by atomic mass is 16.2. The van der Waals surface area contributed by atoms with Gasteiger partial charge in [-0.25, -0.2) is 0 Å². The second kappa shape index (κ2) is 6.47. The van der Waals surface area contributed by atoms with E-state index >= 15 is 0 Å². The number of rotatable bonds is 3. The lowest BCUT2D eigenvalue weighted by atomic mass is 9.55. The van der Waals surface area contributed by atoms with Gasteiger partial charge in [0, 0.05) is 23.5 Å². The minimum atomic E-state index is -0.0627. The van der Waals surface area contributed by atoms with E-state index in [1.54, 1.807) is 6.20 Å². The van der Waals surface area contributed by atoms with Crippen molar-refractivity contribution in [3.05, 3.63) is 65.4 Å². The number of amides is 1. The molecule has 1 aliphatic carbocycles. The summed E-state index contributed by atoms with van der Waals surface area (Å²) in [7, 11) is 0. The van der Waals surface area contributed by atoms with Gasteiger partial charge in [-0.05, 0) is 53.5 Å². The molecule has 0 saturated carbocycles. The SMILES string of the molecule is CCN(C(=O)c1ccc2[nH]ncc2c1)[C@@H]1Cc2ccccc2C(C)(C)C1(C)C. The van der Waals surface area contributed by atoms with Crippen molar-refractivity contribution < 1.29 is 4.79 Å². The van der Waals surface area contributed by atoms with Gasteiger partial charge in [-0.3, -0.25) is 9.89 Å². The van der Waals surface area contributed by atoms with Gasteiger partial charge in [-0.1, -0.05) is 52.0 Å². The van der Waals surface area contributed by atoms with E-state index in [4.69, 9.17) is 0 Å². The summed E-state index contributed by atoms with van der Waals surface area (Å²) in [5, 5.41) is 7.99. The highest BCUT2D eigenvalue weighted by Crippen LogP contribution is 2.51. The van der Waals surface area contributed by atoms with Crippen LogP contribution in [0.15, 0.2) is 48.7 Å². The monoisotopic (exact) mass is 375 g/mol. The number of aromatic amines is 1. The third kappa shape index (κ3) is 2.66. The predicted octanol–water partition coefficient (Wildman–Crippen LogP) is 4.95. The molecule has 146 valence electrons. The molecule has 1 aliphatic rings. The Hall–Kier alpha value is -2.62. The van der Waals surface area contributed by atoms with E-state index in [0.717, 1.165) is 22.9 Å². The zero-order valence-electron chi connectivity index (χ0n) is 17.4. The molecule has 0 radical (unpaired) electrons. The molecule has 1 atom stereocenters. The van der Waals surface area contributed by atoms with Gasteiger partial charge in [0.15, 0.2) is 0 Å². The van der Waals surface area contributed by atoms with E-state index in [2.05, 4.69) is 74.0 Å². The van der Waals surface area contributed by atoms with Crippen LogP contribution in [0.4, 0.5) is 0 Å². The van der Waals surface area contributed by atoms with Crippen LogP contribution in [-0.4, -0.2) is 33.6 Å². The smallest absolute Gasteiger partial charge is 0.254 e. The molecule has 1 heterocycles. The molecule has 0 aliphatic heterocycles. The zero-order valence-corrected chi connectivity index (χ0v) is 17.4. The molecule has 4 heteroatoms. The van der Waals surface area contributed by atoms with Crippen molar-refractivity contribution >= 4 is 16.8 Å². The minimum Gasteiger partial charge on any atom is -0.335 e. The fraction of sp³-hybridized carbons (Fsp3) is 0.417. The topological polar surface area (TPSA) is 49.0 Å². The Labute approximate surface area is 166 Å². The first-order valence-electron chi connectivity index (χ1n) is 10.1. The average molecular weight is 376 g/mol. The standard InChI is InChI=1S/C24H29N3O/c1-6-27(22(28)17-11-12-20-18(13-17)15-25-26-20)21-14-16-9-7-8-10-19(16)23(2,3)24(21,4)5/h7-13,15,21H,6,14H2,1-5H3,(H,25,26)/t21-/m1/s1. The lowest BCUT2D eigenvalue weighted by Crippen LogP contribution is -2.58. The zero-order chi connectivity index (χ0) is 20.1. The summed E-state index contributed by atoms with van der Waals surface area (Å²) in [5.41, 5.74) is 4.34. The number of fused-ring (bicyclic) bond motifs is 2. The summed E-state index contributed by atoms with van der Waals surface area (Å²) in [6.45, 7) is 12.0. The van der Waals surface area contributed by atoms with Crippen LogP contribution in [0.1, 0.15) is 56.1 Å². The fourth-order valence-electron chi connectivity index (χ4n) is 4.78. The first-order valence-corrected chi connectivity index (χ1v) is 10.1. The molecular formula is C24H29N3O. The van der Waals surface area contributed by atoms with Gasteiger partial charge < -0.3 is 4.90 Å². The van der Waals surface area contributed by atoms with Gasteiger partial charge in [-0.2, -0.15) is 5.10 Å². The molecule has 28 heavy (non-hydrogen) atoms. The number of hydrogen-bond acceptors (Lipinski definition) is 2. The Kier molecular flexibility index (Phi) is 4.33. The summed E-state index contributed by atoms with van der Waals surface area (Å²) in [6.07, 6.45) is 2.66. The summed E-state index contributed by atoms with van der Waals surface area (Å²) in [5.74, 6) is 0.0962. The third-order valence-electron chi connectivity index (χ3n) is 7.21. The number of benzene rings is 2. The number of carbonyl (C=O) groups excluding carboxylic acids is 1. The van der Waals surface area contributed by atoms with E-state index < -0.39 is 0 Å². The molecule has 4 rings (SSSR count). The van der Waals surface area contributed by atoms with E-state index in [1.807, 2.05) is 18.2 Å². The highest BCUT2D eigenvalue weighted by molar-refractivity contribution is 5.98. The van der Waals surface area contributed by atoms with Crippen molar-refractivity contribution in [1.82, 2.24) is 15.1 Å². The first kappa shape index (κ1) is 18.7. The summed E-state index contributed by atoms with van der Waals surface area (Å²) in [6, 6.07) is 14.6. The van der Waals surface area contributed by atoms with Crippen LogP contribution in [-0.2, 0) is 11.8 Å². The van der Waals surface area contributed by atoms with Crippen molar-refractivity contribution in [2.24, 2.45) is 5.41 Å². The van der Waals surface area contributed by atoms with Gasteiger partial charge in [0.2, 0.25) is 0 Å². The molecule has 0 unspecified atom stereocenters. The summed E-state index contributed by atoms with van der Waals surface area (Å²) >= 11 is 0. The summed E-state index contributed by atoms with van der Waals surface area (Å²) in [4.78, 5) is 15.6. The molecule has 4 nitrogen and oxygen atoms in total. The van der Waals surface area contributed by atoms with Gasteiger partial charge in [-0.15, -0.1) is 0 Å². The van der Waals surface area contributed by atoms with Crippen molar-refractivity contribution in [3.8, 4) is 0 Å². The Morgan fingerprint density at radius 3 is 2.68 bits per heavy atom. The number of nitrogens with zero attached hydrogens (tertiary/aromatic N) is 2. The molecule has 3 aromatic rings. The Morgan fingerprint density at radius 1 is 1.18 bits per heavy atom. The van der Waals surface area contributed by atoms with Crippen LogP contribution in [0.2, 0.25) is 0 Å². The molecule has 0 bridgehead atoms. The van der Waals surface area contributed by atoms with Gasteiger partial charge in [0.25, 0.3) is 5.91 Å².